The molecule has 2 aromatic rings. The van der Waals surface area contributed by atoms with Gasteiger partial charge in [-0.1, -0.05) is 0 Å². The number of nitrogen functional groups attached to an aromatic ring is 1. The molecule has 17 heavy (non-hydrogen) atoms. The van der Waals surface area contributed by atoms with Gasteiger partial charge in [0.05, 0.1) is 0 Å². The van der Waals surface area contributed by atoms with E-state index in [1.807, 2.05) is 0 Å². The van der Waals surface area contributed by atoms with E-state index in [4.69, 9.17) is 5.73 Å². The topological polar surface area (TPSA) is 114 Å². The summed E-state index contributed by atoms with van der Waals surface area (Å²) in [7, 11) is 0. The maximum absolute atomic E-state index is 11.7. The number of aromatic nitrogens is 3. The Kier molecular flexibility index (Phi) is 2.88. The lowest BCUT2D eigenvalue weighted by Gasteiger charge is -1.97. The monoisotopic (exact) mass is 251 g/mol. The van der Waals surface area contributed by atoms with Crippen molar-refractivity contribution in [2.24, 2.45) is 0 Å². The van der Waals surface area contributed by atoms with Crippen molar-refractivity contribution in [3.05, 3.63) is 22.8 Å². The van der Waals surface area contributed by atoms with E-state index >= 15 is 0 Å². The highest BCUT2D eigenvalue weighted by atomic mass is 32.1. The van der Waals surface area contributed by atoms with Crippen molar-refractivity contribution < 1.29 is 9.59 Å². The van der Waals surface area contributed by atoms with Crippen LogP contribution in [0.5, 0.6) is 0 Å². The number of carbonyl (C=O) groups excluding carboxylic acids is 2. The van der Waals surface area contributed by atoms with Gasteiger partial charge in [-0.05, 0) is 0 Å². The van der Waals surface area contributed by atoms with Crippen LogP contribution in [-0.2, 0) is 0 Å². The first kappa shape index (κ1) is 11.3. The highest BCUT2D eigenvalue weighted by molar-refractivity contribution is 7.14. The van der Waals surface area contributed by atoms with Crippen molar-refractivity contribution >= 4 is 34.0 Å². The number of nitrogens with zero attached hydrogens (tertiary/aromatic N) is 2. The maximum atomic E-state index is 11.7. The van der Waals surface area contributed by atoms with E-state index in [0.717, 1.165) is 0 Å². The molecule has 0 aliphatic heterocycles. The van der Waals surface area contributed by atoms with Gasteiger partial charge >= 0.3 is 0 Å². The Bertz CT molecular complexity index is 573. The summed E-state index contributed by atoms with van der Waals surface area (Å²) in [6.45, 7) is 1.41. The van der Waals surface area contributed by atoms with Gasteiger partial charge in [0.25, 0.3) is 5.91 Å². The summed E-state index contributed by atoms with van der Waals surface area (Å²) in [5, 5.41) is 10.6. The first-order valence-electron chi connectivity index (χ1n) is 4.65. The normalized spacial score (nSPS) is 10.2. The molecule has 0 saturated heterocycles. The van der Waals surface area contributed by atoms with Gasteiger partial charge in [0.2, 0.25) is 0 Å². The van der Waals surface area contributed by atoms with Gasteiger partial charge < -0.3 is 5.73 Å². The second-order valence-corrected chi connectivity index (χ2v) is 4.11. The number of thiazole rings is 1. The zero-order valence-corrected chi connectivity index (χ0v) is 9.67. The summed E-state index contributed by atoms with van der Waals surface area (Å²) < 4.78 is 0. The van der Waals surface area contributed by atoms with Crippen molar-refractivity contribution in [2.45, 2.75) is 6.92 Å². The van der Waals surface area contributed by atoms with Crippen LogP contribution in [0.25, 0.3) is 0 Å². The Labute approximate surface area is 100 Å². The number of rotatable bonds is 3. The van der Waals surface area contributed by atoms with Crippen molar-refractivity contribution in [3.8, 4) is 0 Å². The zero-order chi connectivity index (χ0) is 12.4. The minimum absolute atomic E-state index is 0.146. The molecule has 0 aliphatic carbocycles. The smallest absolute Gasteiger partial charge is 0.275 e. The fourth-order valence-corrected chi connectivity index (χ4v) is 1.86. The number of Topliss-reactive ketones (excluding diaryl/α,β-unsaturated/α-hetero) is 1. The number of H-pyrrole nitrogens is 1. The van der Waals surface area contributed by atoms with Crippen LogP contribution in [0, 0.1) is 0 Å². The second kappa shape index (κ2) is 4.34. The molecule has 2 heterocycles. The van der Waals surface area contributed by atoms with E-state index in [1.165, 1.54) is 24.3 Å². The third-order valence-corrected chi connectivity index (χ3v) is 2.69. The fraction of sp³-hybridized carbons (Fsp3) is 0.111. The molecule has 1 amide bonds. The Balaban J connectivity index is 2.10. The fourth-order valence-electron chi connectivity index (χ4n) is 1.11. The first-order valence-corrected chi connectivity index (χ1v) is 5.53. The molecule has 0 unspecified atom stereocenters. The average molecular weight is 251 g/mol. The quantitative estimate of drug-likeness (QED) is 0.701. The van der Waals surface area contributed by atoms with Crippen LogP contribution in [0.15, 0.2) is 11.4 Å². The number of amides is 1. The number of nitrogens with one attached hydrogen (secondary N) is 2. The van der Waals surface area contributed by atoms with Crippen LogP contribution < -0.4 is 11.1 Å². The van der Waals surface area contributed by atoms with Crippen LogP contribution in [0.3, 0.4) is 0 Å². The molecular weight excluding hydrogens is 242 g/mol. The third-order valence-electron chi connectivity index (χ3n) is 1.93. The number of aromatic amines is 1. The third kappa shape index (κ3) is 2.48. The van der Waals surface area contributed by atoms with E-state index in [-0.39, 0.29) is 17.3 Å². The number of hydrogen-bond donors (Lipinski definition) is 3. The largest absolute Gasteiger partial charge is 0.382 e. The molecule has 4 N–H and O–H groups in total. The van der Waals surface area contributed by atoms with Gasteiger partial charge in [0.15, 0.2) is 10.9 Å². The molecule has 0 atom stereocenters. The molecule has 0 bridgehead atoms. The van der Waals surface area contributed by atoms with Crippen LogP contribution in [-0.4, -0.2) is 26.9 Å². The van der Waals surface area contributed by atoms with Gasteiger partial charge in [0.1, 0.15) is 17.2 Å². The highest BCUT2D eigenvalue weighted by Crippen LogP contribution is 2.16. The first-order chi connectivity index (χ1) is 8.06. The predicted molar refractivity (Wildman–Crippen MR) is 63.1 cm³/mol. The number of ketones is 1. The van der Waals surface area contributed by atoms with E-state index < -0.39 is 5.91 Å². The summed E-state index contributed by atoms with van der Waals surface area (Å²) in [6, 6.07) is 1.41. The van der Waals surface area contributed by atoms with Crippen molar-refractivity contribution in [2.75, 3.05) is 11.1 Å². The lowest BCUT2D eigenvalue weighted by molar-refractivity contribution is 0.100. The number of nitrogens with two attached hydrogens (primary N) is 1. The molecule has 0 spiro atoms. The number of anilines is 2. The van der Waals surface area contributed by atoms with E-state index in [2.05, 4.69) is 20.5 Å². The molecule has 0 radical (unpaired) electrons. The van der Waals surface area contributed by atoms with Crippen molar-refractivity contribution in [3.63, 3.8) is 0 Å². The molecular formula is C9H9N5O2S. The number of hydrogen-bond acceptors (Lipinski definition) is 6. The summed E-state index contributed by atoms with van der Waals surface area (Å²) in [6.07, 6.45) is 0. The van der Waals surface area contributed by atoms with Gasteiger partial charge in [-0.15, -0.1) is 11.3 Å². The minimum Gasteiger partial charge on any atom is -0.382 e. The molecule has 8 heteroatoms. The second-order valence-electron chi connectivity index (χ2n) is 3.25. The summed E-state index contributed by atoms with van der Waals surface area (Å²) >= 11 is 1.18. The van der Waals surface area contributed by atoms with E-state index in [1.54, 1.807) is 5.38 Å². The predicted octanol–water partition coefficient (Wildman–Crippen LogP) is 0.903. The Morgan fingerprint density at radius 1 is 1.53 bits per heavy atom. The van der Waals surface area contributed by atoms with Crippen molar-refractivity contribution in [1.82, 2.24) is 15.2 Å². The summed E-state index contributed by atoms with van der Waals surface area (Å²) in [4.78, 5) is 26.6. The maximum Gasteiger partial charge on any atom is 0.275 e. The van der Waals surface area contributed by atoms with Crippen molar-refractivity contribution in [1.29, 1.82) is 0 Å². The molecule has 88 valence electrons. The van der Waals surface area contributed by atoms with E-state index in [0.29, 0.717) is 10.8 Å². The standard InChI is InChI=1S/C9H9N5O2S/c1-4(15)6-3-17-9(11-6)12-8(16)5-2-7(10)14-13-5/h2-3H,1H3,(H3,10,13,14)(H,11,12,16). The van der Waals surface area contributed by atoms with Gasteiger partial charge in [-0.2, -0.15) is 5.10 Å². The Morgan fingerprint density at radius 2 is 2.29 bits per heavy atom. The highest BCUT2D eigenvalue weighted by Gasteiger charge is 2.12. The van der Waals surface area contributed by atoms with Crippen LogP contribution in [0.1, 0.15) is 27.9 Å². The molecule has 0 aliphatic rings. The molecule has 0 fully saturated rings. The Morgan fingerprint density at radius 3 is 2.82 bits per heavy atom. The molecule has 0 saturated carbocycles. The van der Waals surface area contributed by atoms with Crippen LogP contribution >= 0.6 is 11.3 Å². The SMILES string of the molecule is CC(=O)c1csc(NC(=O)c2cc(N)n[nH]2)n1. The van der Waals surface area contributed by atoms with Gasteiger partial charge in [-0.3, -0.25) is 20.0 Å². The van der Waals surface area contributed by atoms with Crippen LogP contribution in [0.4, 0.5) is 10.9 Å². The van der Waals surface area contributed by atoms with Gasteiger partial charge in [-0.25, -0.2) is 4.98 Å². The molecule has 0 aromatic carbocycles. The summed E-state index contributed by atoms with van der Waals surface area (Å²) in [5.74, 6) is -0.315. The molecule has 7 nitrogen and oxygen atoms in total. The summed E-state index contributed by atoms with van der Waals surface area (Å²) in [5.41, 5.74) is 5.94. The zero-order valence-electron chi connectivity index (χ0n) is 8.85. The lowest BCUT2D eigenvalue weighted by Crippen LogP contribution is -2.12. The molecule has 2 aromatic heterocycles. The molecule has 2 rings (SSSR count). The average Bonchev–Trinajstić information content (AvgIpc) is 2.86. The number of carbonyl (C=O) groups is 2. The van der Waals surface area contributed by atoms with E-state index in [9.17, 15) is 9.59 Å². The Hall–Kier alpha value is -2.22. The van der Waals surface area contributed by atoms with Crippen LogP contribution in [0.2, 0.25) is 0 Å². The minimum atomic E-state index is -0.404. The lowest BCUT2D eigenvalue weighted by atomic mass is 10.4. The van der Waals surface area contributed by atoms with Gasteiger partial charge in [0, 0.05) is 18.4 Å².